The van der Waals surface area contributed by atoms with Crippen molar-refractivity contribution in [2.45, 2.75) is 63.6 Å². The van der Waals surface area contributed by atoms with Gasteiger partial charge in [-0.1, -0.05) is 0 Å². The molecule has 4 rings (SSSR count). The molecule has 2 aromatic rings. The van der Waals surface area contributed by atoms with E-state index in [9.17, 15) is 12.8 Å². The van der Waals surface area contributed by atoms with Gasteiger partial charge in [-0.25, -0.2) is 27.5 Å². The Morgan fingerprint density at radius 1 is 1.22 bits per heavy atom. The van der Waals surface area contributed by atoms with Crippen molar-refractivity contribution in [3.8, 4) is 0 Å². The number of rotatable bonds is 7. The van der Waals surface area contributed by atoms with Crippen molar-refractivity contribution in [3.63, 3.8) is 0 Å². The van der Waals surface area contributed by atoms with E-state index in [2.05, 4.69) is 34.7 Å². The van der Waals surface area contributed by atoms with Crippen molar-refractivity contribution in [1.29, 1.82) is 0 Å². The van der Waals surface area contributed by atoms with Crippen molar-refractivity contribution in [2.75, 3.05) is 30.9 Å². The zero-order chi connectivity index (χ0) is 22.9. The molecule has 0 radical (unpaired) electrons. The summed E-state index contributed by atoms with van der Waals surface area (Å²) in [6.45, 7) is 6.01. The van der Waals surface area contributed by atoms with Crippen LogP contribution in [0, 0.1) is 5.82 Å². The van der Waals surface area contributed by atoms with E-state index in [0.717, 1.165) is 44.5 Å². The fourth-order valence-electron chi connectivity index (χ4n) is 4.46. The van der Waals surface area contributed by atoms with Gasteiger partial charge in [0.1, 0.15) is 0 Å². The molecular weight excluding hydrogens is 435 g/mol. The van der Waals surface area contributed by atoms with Crippen LogP contribution in [0.4, 0.5) is 10.3 Å². The summed E-state index contributed by atoms with van der Waals surface area (Å²) in [6.07, 6.45) is 8.79. The number of hydrogen-bond acceptors (Lipinski definition) is 7. The fraction of sp³-hybridized carbons (Fsp3) is 0.667. The third kappa shape index (κ3) is 5.44. The van der Waals surface area contributed by atoms with Gasteiger partial charge in [0.15, 0.2) is 5.82 Å². The molecule has 2 aromatic heterocycles. The average molecular weight is 467 g/mol. The van der Waals surface area contributed by atoms with Gasteiger partial charge in [-0.05, 0) is 45.1 Å². The quantitative estimate of drug-likeness (QED) is 0.666. The summed E-state index contributed by atoms with van der Waals surface area (Å²) in [6, 6.07) is 0.00205. The Labute approximate surface area is 188 Å². The first-order valence-electron chi connectivity index (χ1n) is 11.1. The second kappa shape index (κ2) is 9.40. The molecule has 0 spiro atoms. The van der Waals surface area contributed by atoms with Crippen molar-refractivity contribution >= 4 is 16.0 Å². The lowest BCUT2D eigenvalue weighted by atomic mass is 9.84. The van der Waals surface area contributed by atoms with E-state index in [1.54, 1.807) is 0 Å². The van der Waals surface area contributed by atoms with Crippen LogP contribution in [0.15, 0.2) is 18.6 Å². The summed E-state index contributed by atoms with van der Waals surface area (Å²) in [5.74, 6) is -0.0543. The maximum atomic E-state index is 13.1. The number of ether oxygens (including phenoxy) is 1. The maximum absolute atomic E-state index is 13.1. The lowest BCUT2D eigenvalue weighted by Crippen LogP contribution is -2.44. The van der Waals surface area contributed by atoms with Crippen LogP contribution in [0.2, 0.25) is 0 Å². The topological polar surface area (TPSA) is 102 Å². The maximum Gasteiger partial charge on any atom is 0.225 e. The second-order valence-corrected chi connectivity index (χ2v) is 10.8. The number of aromatic nitrogens is 4. The average Bonchev–Trinajstić information content (AvgIpc) is 3.18. The molecule has 2 aliphatic rings. The summed E-state index contributed by atoms with van der Waals surface area (Å²) in [5.41, 5.74) is 2.10. The van der Waals surface area contributed by atoms with Gasteiger partial charge < -0.3 is 9.64 Å². The van der Waals surface area contributed by atoms with Crippen LogP contribution < -0.4 is 9.62 Å². The minimum absolute atomic E-state index is 0.0585. The number of sulfonamides is 1. The lowest BCUT2D eigenvalue weighted by Gasteiger charge is -2.35. The van der Waals surface area contributed by atoms with Gasteiger partial charge in [0.05, 0.1) is 37.1 Å². The van der Waals surface area contributed by atoms with Crippen molar-refractivity contribution in [1.82, 2.24) is 24.5 Å². The number of halogens is 1. The van der Waals surface area contributed by atoms with Crippen LogP contribution in [0.25, 0.3) is 0 Å². The van der Waals surface area contributed by atoms with Crippen LogP contribution in [0.1, 0.15) is 56.3 Å². The Bertz CT molecular complexity index is 1020. The van der Waals surface area contributed by atoms with Crippen LogP contribution in [-0.2, 0) is 21.2 Å². The number of nitrogens with one attached hydrogen (secondary N) is 1. The molecular formula is C21H31FN6O3S. The molecule has 11 heteroatoms. The standard InChI is InChI=1S/C21H31FN6O3S/c1-14(2)28-12-15-4-5-19(26-32(3,29)30)18(20(15)25-28)13-31-17-6-8-27(9-7-17)21-23-10-16(22)11-24-21/h10-12,14,17-19,26H,4-9,13H2,1-3H3. The molecule has 2 atom stereocenters. The Morgan fingerprint density at radius 3 is 2.53 bits per heavy atom. The van der Waals surface area contributed by atoms with E-state index in [1.165, 1.54) is 24.2 Å². The highest BCUT2D eigenvalue weighted by Gasteiger charge is 2.35. The third-order valence-electron chi connectivity index (χ3n) is 6.14. The molecule has 2 unspecified atom stereocenters. The fourth-order valence-corrected chi connectivity index (χ4v) is 5.29. The SMILES string of the molecule is CC(C)n1cc2c(n1)C(COC1CCN(c3ncc(F)cn3)CC1)C(NS(C)(=O)=O)CC2. The Morgan fingerprint density at radius 2 is 1.91 bits per heavy atom. The van der Waals surface area contributed by atoms with Gasteiger partial charge in [0, 0.05) is 37.3 Å². The molecule has 0 saturated carbocycles. The number of hydrogen-bond donors (Lipinski definition) is 1. The molecule has 1 aliphatic heterocycles. The first kappa shape index (κ1) is 23.1. The molecule has 0 amide bonds. The largest absolute Gasteiger partial charge is 0.377 e. The first-order valence-corrected chi connectivity index (χ1v) is 13.0. The molecule has 3 heterocycles. The van der Waals surface area contributed by atoms with Gasteiger partial charge >= 0.3 is 0 Å². The number of fused-ring (bicyclic) bond motifs is 1. The summed E-state index contributed by atoms with van der Waals surface area (Å²) >= 11 is 0. The van der Waals surface area contributed by atoms with Crippen LogP contribution in [0.3, 0.4) is 0 Å². The van der Waals surface area contributed by atoms with E-state index in [4.69, 9.17) is 9.84 Å². The van der Waals surface area contributed by atoms with Gasteiger partial charge in [-0.2, -0.15) is 5.10 Å². The molecule has 1 fully saturated rings. The number of nitrogens with zero attached hydrogens (tertiary/aromatic N) is 5. The molecule has 0 bridgehead atoms. The highest BCUT2D eigenvalue weighted by Crippen LogP contribution is 2.33. The highest BCUT2D eigenvalue weighted by molar-refractivity contribution is 7.88. The van der Waals surface area contributed by atoms with E-state index in [1.807, 2.05) is 9.58 Å². The molecule has 176 valence electrons. The molecule has 1 saturated heterocycles. The smallest absolute Gasteiger partial charge is 0.225 e. The van der Waals surface area contributed by atoms with Crippen LogP contribution in [-0.4, -0.2) is 66.3 Å². The normalized spacial score (nSPS) is 22.3. The van der Waals surface area contributed by atoms with E-state index >= 15 is 0 Å². The molecule has 9 nitrogen and oxygen atoms in total. The Hall–Kier alpha value is -2.11. The molecule has 0 aromatic carbocycles. The molecule has 32 heavy (non-hydrogen) atoms. The number of aryl methyl sites for hydroxylation is 1. The van der Waals surface area contributed by atoms with Crippen LogP contribution >= 0.6 is 0 Å². The van der Waals surface area contributed by atoms with E-state index in [0.29, 0.717) is 12.6 Å². The van der Waals surface area contributed by atoms with Gasteiger partial charge in [-0.3, -0.25) is 4.68 Å². The zero-order valence-electron chi connectivity index (χ0n) is 18.7. The van der Waals surface area contributed by atoms with Crippen molar-refractivity contribution in [2.24, 2.45) is 0 Å². The molecule has 1 aliphatic carbocycles. The Balaban J connectivity index is 1.41. The number of piperidine rings is 1. The predicted octanol–water partition coefficient (Wildman–Crippen LogP) is 2.03. The van der Waals surface area contributed by atoms with Crippen molar-refractivity contribution < 1.29 is 17.5 Å². The van der Waals surface area contributed by atoms with Gasteiger partial charge in [0.25, 0.3) is 0 Å². The minimum atomic E-state index is -3.34. The van der Waals surface area contributed by atoms with E-state index in [-0.39, 0.29) is 24.1 Å². The third-order valence-corrected chi connectivity index (χ3v) is 6.87. The Kier molecular flexibility index (Phi) is 6.78. The zero-order valence-corrected chi connectivity index (χ0v) is 19.6. The summed E-state index contributed by atoms with van der Waals surface area (Å²) in [7, 11) is -3.34. The van der Waals surface area contributed by atoms with Crippen molar-refractivity contribution in [3.05, 3.63) is 35.7 Å². The first-order chi connectivity index (χ1) is 15.2. The second-order valence-electron chi connectivity index (χ2n) is 8.98. The number of anilines is 1. The minimum Gasteiger partial charge on any atom is -0.377 e. The summed E-state index contributed by atoms with van der Waals surface area (Å²) < 4.78 is 48.0. The van der Waals surface area contributed by atoms with Gasteiger partial charge in [0.2, 0.25) is 16.0 Å². The predicted molar refractivity (Wildman–Crippen MR) is 119 cm³/mol. The lowest BCUT2D eigenvalue weighted by molar-refractivity contribution is 0.0215. The molecule has 1 N–H and O–H groups in total. The monoisotopic (exact) mass is 466 g/mol. The highest BCUT2D eigenvalue weighted by atomic mass is 32.2. The van der Waals surface area contributed by atoms with Gasteiger partial charge in [-0.15, -0.1) is 0 Å². The van der Waals surface area contributed by atoms with E-state index < -0.39 is 15.8 Å². The summed E-state index contributed by atoms with van der Waals surface area (Å²) in [5, 5.41) is 4.78. The summed E-state index contributed by atoms with van der Waals surface area (Å²) in [4.78, 5) is 10.1. The van der Waals surface area contributed by atoms with Crippen LogP contribution in [0.5, 0.6) is 0 Å².